The van der Waals surface area contributed by atoms with E-state index in [0.29, 0.717) is 0 Å². The van der Waals surface area contributed by atoms with E-state index in [2.05, 4.69) is 16.7 Å². The molecule has 1 rings (SSSR count). The van der Waals surface area contributed by atoms with Gasteiger partial charge in [0.15, 0.2) is 0 Å². The fourth-order valence-corrected chi connectivity index (χ4v) is 2.17. The van der Waals surface area contributed by atoms with Crippen LogP contribution in [0, 0.1) is 5.92 Å². The van der Waals surface area contributed by atoms with Gasteiger partial charge in [0, 0.05) is 32.7 Å². The van der Waals surface area contributed by atoms with E-state index in [0.717, 1.165) is 32.7 Å². The Morgan fingerprint density at radius 1 is 1.25 bits per heavy atom. The van der Waals surface area contributed by atoms with Crippen LogP contribution in [0.15, 0.2) is 0 Å². The Balaban J connectivity index is 2.24. The molecule has 1 unspecified atom stereocenters. The molecule has 0 amide bonds. The van der Waals surface area contributed by atoms with Crippen molar-refractivity contribution in [3.8, 4) is 0 Å². The van der Waals surface area contributed by atoms with Gasteiger partial charge in [-0.25, -0.2) is 0 Å². The third-order valence-electron chi connectivity index (χ3n) is 3.14. The number of rotatable bonds is 5. The number of nitrogens with zero attached hydrogens (tertiary/aromatic N) is 2. The Hall–Kier alpha value is -0.610. The third-order valence-corrected chi connectivity index (χ3v) is 3.14. The molecule has 1 aliphatic rings. The van der Waals surface area contributed by atoms with E-state index in [9.17, 15) is 4.79 Å². The second-order valence-corrected chi connectivity index (χ2v) is 4.57. The Morgan fingerprint density at radius 3 is 2.31 bits per heavy atom. The summed E-state index contributed by atoms with van der Waals surface area (Å²) in [6.07, 6.45) is 1.22. The number of ether oxygens (including phenoxy) is 1. The molecule has 1 saturated heterocycles. The lowest BCUT2D eigenvalue weighted by atomic mass is 10.1. The highest BCUT2D eigenvalue weighted by molar-refractivity contribution is 5.72. The van der Waals surface area contributed by atoms with Gasteiger partial charge >= 0.3 is 5.97 Å². The van der Waals surface area contributed by atoms with Gasteiger partial charge in [0.25, 0.3) is 0 Å². The predicted octanol–water partition coefficient (Wildman–Crippen LogP) is 0.823. The van der Waals surface area contributed by atoms with Gasteiger partial charge in [0.1, 0.15) is 0 Å². The van der Waals surface area contributed by atoms with Gasteiger partial charge in [0.05, 0.1) is 13.0 Å². The summed E-state index contributed by atoms with van der Waals surface area (Å²) in [4.78, 5) is 16.1. The van der Waals surface area contributed by atoms with Crippen molar-refractivity contribution in [1.29, 1.82) is 0 Å². The van der Waals surface area contributed by atoms with Gasteiger partial charge < -0.3 is 9.64 Å². The molecule has 0 spiro atoms. The quantitative estimate of drug-likeness (QED) is 0.652. The summed E-state index contributed by atoms with van der Waals surface area (Å²) in [7, 11) is 1.46. The first-order valence-electron chi connectivity index (χ1n) is 6.20. The van der Waals surface area contributed by atoms with Crippen LogP contribution in [0.5, 0.6) is 0 Å². The van der Waals surface area contributed by atoms with Crippen LogP contribution in [-0.2, 0) is 9.53 Å². The molecule has 4 heteroatoms. The fraction of sp³-hybridized carbons (Fsp3) is 0.917. The molecule has 0 aromatic rings. The van der Waals surface area contributed by atoms with Crippen LogP contribution in [0.2, 0.25) is 0 Å². The topological polar surface area (TPSA) is 32.8 Å². The van der Waals surface area contributed by atoms with Gasteiger partial charge in [-0.15, -0.1) is 0 Å². The molecule has 1 aliphatic heterocycles. The van der Waals surface area contributed by atoms with Gasteiger partial charge in [-0.1, -0.05) is 13.8 Å². The number of carbonyl (C=O) groups is 1. The minimum atomic E-state index is -0.101. The van der Waals surface area contributed by atoms with Gasteiger partial charge in [-0.3, -0.25) is 9.69 Å². The average Bonchev–Trinajstić information content (AvgIpc) is 2.31. The van der Waals surface area contributed by atoms with Crippen LogP contribution in [0.3, 0.4) is 0 Å². The Labute approximate surface area is 98.5 Å². The SMILES string of the molecule is CCCN1CCN(CC(C)C(=O)OC)CC1. The summed E-state index contributed by atoms with van der Waals surface area (Å²) >= 11 is 0. The number of methoxy groups -OCH3 is 1. The van der Waals surface area contributed by atoms with Crippen molar-refractivity contribution in [2.45, 2.75) is 20.3 Å². The van der Waals surface area contributed by atoms with E-state index in [-0.39, 0.29) is 11.9 Å². The van der Waals surface area contributed by atoms with Crippen molar-refractivity contribution in [2.75, 3.05) is 46.4 Å². The Morgan fingerprint density at radius 2 is 1.81 bits per heavy atom. The van der Waals surface area contributed by atoms with Crippen molar-refractivity contribution in [3.05, 3.63) is 0 Å². The van der Waals surface area contributed by atoms with Crippen LogP contribution in [0.1, 0.15) is 20.3 Å². The van der Waals surface area contributed by atoms with Crippen LogP contribution in [0.4, 0.5) is 0 Å². The molecule has 1 atom stereocenters. The molecule has 1 fully saturated rings. The molecule has 0 N–H and O–H groups in total. The molecule has 0 saturated carbocycles. The fourth-order valence-electron chi connectivity index (χ4n) is 2.17. The molecule has 16 heavy (non-hydrogen) atoms. The summed E-state index contributed by atoms with van der Waals surface area (Å²) in [6.45, 7) is 10.6. The van der Waals surface area contributed by atoms with Crippen LogP contribution in [0.25, 0.3) is 0 Å². The number of hydrogen-bond acceptors (Lipinski definition) is 4. The first-order chi connectivity index (χ1) is 7.67. The van der Waals surface area contributed by atoms with Crippen molar-refractivity contribution in [3.63, 3.8) is 0 Å². The lowest BCUT2D eigenvalue weighted by molar-refractivity contribution is -0.145. The van der Waals surface area contributed by atoms with Crippen LogP contribution in [-0.4, -0.2) is 62.1 Å². The maximum absolute atomic E-state index is 11.3. The van der Waals surface area contributed by atoms with E-state index >= 15 is 0 Å². The Kier molecular flexibility index (Phi) is 5.77. The number of piperazine rings is 1. The smallest absolute Gasteiger partial charge is 0.309 e. The summed E-state index contributed by atoms with van der Waals surface area (Å²) in [5.74, 6) is -0.112. The summed E-state index contributed by atoms with van der Waals surface area (Å²) < 4.78 is 4.74. The predicted molar refractivity (Wildman–Crippen MR) is 64.4 cm³/mol. The lowest BCUT2D eigenvalue weighted by Gasteiger charge is -2.35. The minimum Gasteiger partial charge on any atom is -0.469 e. The summed E-state index contributed by atoms with van der Waals surface area (Å²) in [5, 5.41) is 0. The molecular formula is C12H24N2O2. The van der Waals surface area contributed by atoms with Gasteiger partial charge in [-0.2, -0.15) is 0 Å². The van der Waals surface area contributed by atoms with Crippen molar-refractivity contribution in [1.82, 2.24) is 9.80 Å². The third kappa shape index (κ3) is 4.10. The van der Waals surface area contributed by atoms with Crippen molar-refractivity contribution >= 4 is 5.97 Å². The summed E-state index contributed by atoms with van der Waals surface area (Å²) in [5.41, 5.74) is 0. The highest BCUT2D eigenvalue weighted by Crippen LogP contribution is 2.07. The number of carbonyl (C=O) groups excluding carboxylic acids is 1. The Bertz CT molecular complexity index is 213. The summed E-state index contributed by atoms with van der Waals surface area (Å²) in [6, 6.07) is 0. The number of esters is 1. The highest BCUT2D eigenvalue weighted by atomic mass is 16.5. The molecular weight excluding hydrogens is 204 g/mol. The van der Waals surface area contributed by atoms with Gasteiger partial charge in [-0.05, 0) is 13.0 Å². The van der Waals surface area contributed by atoms with Gasteiger partial charge in [0.2, 0.25) is 0 Å². The zero-order valence-electron chi connectivity index (χ0n) is 10.7. The van der Waals surface area contributed by atoms with Crippen LogP contribution < -0.4 is 0 Å². The largest absolute Gasteiger partial charge is 0.469 e. The zero-order chi connectivity index (χ0) is 12.0. The normalized spacial score (nSPS) is 20.7. The van der Waals surface area contributed by atoms with E-state index < -0.39 is 0 Å². The molecule has 0 bridgehead atoms. The van der Waals surface area contributed by atoms with E-state index in [1.165, 1.54) is 20.1 Å². The first kappa shape index (κ1) is 13.5. The second-order valence-electron chi connectivity index (χ2n) is 4.57. The number of hydrogen-bond donors (Lipinski definition) is 0. The molecule has 1 heterocycles. The molecule has 0 aromatic carbocycles. The molecule has 0 aromatic heterocycles. The van der Waals surface area contributed by atoms with E-state index in [1.54, 1.807) is 0 Å². The highest BCUT2D eigenvalue weighted by Gasteiger charge is 2.21. The molecule has 4 nitrogen and oxygen atoms in total. The zero-order valence-corrected chi connectivity index (χ0v) is 10.7. The average molecular weight is 228 g/mol. The first-order valence-corrected chi connectivity index (χ1v) is 6.20. The molecule has 94 valence electrons. The maximum atomic E-state index is 11.3. The van der Waals surface area contributed by atoms with Crippen molar-refractivity contribution < 1.29 is 9.53 Å². The van der Waals surface area contributed by atoms with E-state index in [4.69, 9.17) is 4.74 Å². The lowest BCUT2D eigenvalue weighted by Crippen LogP contribution is -2.48. The monoisotopic (exact) mass is 228 g/mol. The minimum absolute atomic E-state index is 0.0114. The van der Waals surface area contributed by atoms with Crippen LogP contribution >= 0.6 is 0 Å². The van der Waals surface area contributed by atoms with Crippen molar-refractivity contribution in [2.24, 2.45) is 5.92 Å². The second kappa shape index (κ2) is 6.86. The molecule has 0 radical (unpaired) electrons. The standard InChI is InChI=1S/C12H24N2O2/c1-4-5-13-6-8-14(9-7-13)10-11(2)12(15)16-3/h11H,4-10H2,1-3H3. The maximum Gasteiger partial charge on any atom is 0.309 e. The molecule has 0 aliphatic carbocycles. The van der Waals surface area contributed by atoms with E-state index in [1.807, 2.05) is 6.92 Å².